The summed E-state index contributed by atoms with van der Waals surface area (Å²) in [6.07, 6.45) is 0. The lowest BCUT2D eigenvalue weighted by atomic mass is 10.1. The summed E-state index contributed by atoms with van der Waals surface area (Å²) >= 11 is 5.15. The zero-order chi connectivity index (χ0) is 8.43. The number of carbonyl (C=O) groups is 1. The molecule has 0 unspecified atom stereocenters. The summed E-state index contributed by atoms with van der Waals surface area (Å²) in [5, 5.41) is 3.05. The Labute approximate surface area is 69.3 Å². The van der Waals surface area contributed by atoms with E-state index in [1.807, 2.05) is 13.8 Å². The first-order valence-corrected chi connectivity index (χ1v) is 3.65. The summed E-state index contributed by atoms with van der Waals surface area (Å²) in [5.74, 6) is 0.360. The van der Waals surface area contributed by atoms with Crippen molar-refractivity contribution >= 4 is 16.8 Å². The second-order valence-electron chi connectivity index (χ2n) is 2.54. The molecule has 0 bridgehead atoms. The van der Waals surface area contributed by atoms with Crippen molar-refractivity contribution in [2.45, 2.75) is 19.8 Å². The number of nitrogens with zero attached hydrogens (tertiary/aromatic N) is 1. The molecule has 1 aromatic heterocycles. The van der Waals surface area contributed by atoms with Gasteiger partial charge in [0.05, 0.1) is 5.69 Å². The maximum Gasteiger partial charge on any atom is 0.290 e. The van der Waals surface area contributed by atoms with Crippen LogP contribution in [0.25, 0.3) is 0 Å². The largest absolute Gasteiger partial charge is 0.351 e. The van der Waals surface area contributed by atoms with Gasteiger partial charge in [0.1, 0.15) is 0 Å². The van der Waals surface area contributed by atoms with Crippen LogP contribution in [0.4, 0.5) is 0 Å². The quantitative estimate of drug-likeness (QED) is 0.644. The predicted octanol–water partition coefficient (Wildman–Crippen LogP) is 2.18. The number of carbonyl (C=O) groups excluding carboxylic acids is 1. The summed E-state index contributed by atoms with van der Waals surface area (Å²) in [5.41, 5.74) is 0.744. The molecule has 0 aliphatic rings. The molecule has 1 heterocycles. The number of rotatable bonds is 2. The van der Waals surface area contributed by atoms with Gasteiger partial charge in [-0.15, -0.1) is 0 Å². The van der Waals surface area contributed by atoms with Gasteiger partial charge >= 0.3 is 0 Å². The Hall–Kier alpha value is -0.830. The second-order valence-corrected chi connectivity index (χ2v) is 2.89. The molecule has 0 amide bonds. The molecule has 0 atom stereocenters. The second kappa shape index (κ2) is 3.05. The van der Waals surface area contributed by atoms with E-state index in [1.165, 1.54) is 0 Å². The highest BCUT2D eigenvalue weighted by Crippen LogP contribution is 2.14. The van der Waals surface area contributed by atoms with E-state index >= 15 is 0 Å². The monoisotopic (exact) mass is 173 g/mol. The zero-order valence-corrected chi connectivity index (χ0v) is 7.05. The third kappa shape index (κ3) is 1.80. The van der Waals surface area contributed by atoms with Crippen molar-refractivity contribution in [1.29, 1.82) is 0 Å². The van der Waals surface area contributed by atoms with Crippen molar-refractivity contribution < 1.29 is 9.32 Å². The standard InChI is InChI=1S/C7H8ClNO2/c1-4(2)5-3-6(7(8)10)11-9-5/h3-4H,1-2H3. The van der Waals surface area contributed by atoms with Crippen molar-refractivity contribution in [3.8, 4) is 0 Å². The molecule has 0 aliphatic heterocycles. The molecule has 0 N–H and O–H groups in total. The third-order valence-corrected chi connectivity index (χ3v) is 1.50. The van der Waals surface area contributed by atoms with Gasteiger partial charge < -0.3 is 4.52 Å². The molecule has 0 aliphatic carbocycles. The Morgan fingerprint density at radius 2 is 2.36 bits per heavy atom. The van der Waals surface area contributed by atoms with Gasteiger partial charge in [0, 0.05) is 6.07 Å². The van der Waals surface area contributed by atoms with Gasteiger partial charge in [-0.3, -0.25) is 4.79 Å². The highest BCUT2D eigenvalue weighted by molar-refractivity contribution is 6.67. The lowest BCUT2D eigenvalue weighted by molar-refractivity contribution is 0.104. The Kier molecular flexibility index (Phi) is 2.29. The van der Waals surface area contributed by atoms with E-state index in [2.05, 4.69) is 9.68 Å². The van der Waals surface area contributed by atoms with Crippen LogP contribution in [-0.4, -0.2) is 10.4 Å². The molecule has 0 fully saturated rings. The van der Waals surface area contributed by atoms with Crippen LogP contribution in [0.5, 0.6) is 0 Å². The van der Waals surface area contributed by atoms with E-state index in [4.69, 9.17) is 11.6 Å². The van der Waals surface area contributed by atoms with Crippen LogP contribution in [0.3, 0.4) is 0 Å². The first-order valence-electron chi connectivity index (χ1n) is 3.27. The van der Waals surface area contributed by atoms with Crippen LogP contribution in [0.15, 0.2) is 10.6 Å². The van der Waals surface area contributed by atoms with E-state index in [0.29, 0.717) is 0 Å². The molecule has 4 heteroatoms. The smallest absolute Gasteiger partial charge is 0.290 e. The Morgan fingerprint density at radius 3 is 2.64 bits per heavy atom. The van der Waals surface area contributed by atoms with E-state index in [1.54, 1.807) is 6.07 Å². The van der Waals surface area contributed by atoms with Crippen LogP contribution >= 0.6 is 11.6 Å². The summed E-state index contributed by atoms with van der Waals surface area (Å²) in [4.78, 5) is 10.5. The summed E-state index contributed by atoms with van der Waals surface area (Å²) in [6, 6.07) is 1.56. The van der Waals surface area contributed by atoms with Gasteiger partial charge in [0.2, 0.25) is 5.76 Å². The van der Waals surface area contributed by atoms with Crippen LogP contribution in [0.2, 0.25) is 0 Å². The van der Waals surface area contributed by atoms with Crippen molar-refractivity contribution in [3.63, 3.8) is 0 Å². The van der Waals surface area contributed by atoms with Crippen LogP contribution in [-0.2, 0) is 0 Å². The van der Waals surface area contributed by atoms with Crippen LogP contribution in [0, 0.1) is 0 Å². The van der Waals surface area contributed by atoms with E-state index in [9.17, 15) is 4.79 Å². The SMILES string of the molecule is CC(C)c1cc(C(=O)Cl)on1. The van der Waals surface area contributed by atoms with E-state index < -0.39 is 5.24 Å². The molecule has 0 saturated carbocycles. The first-order chi connectivity index (χ1) is 5.11. The average molecular weight is 174 g/mol. The van der Waals surface area contributed by atoms with Gasteiger partial charge in [-0.1, -0.05) is 19.0 Å². The van der Waals surface area contributed by atoms with Crippen molar-refractivity contribution in [2.24, 2.45) is 0 Å². The van der Waals surface area contributed by atoms with Gasteiger partial charge in [-0.05, 0) is 17.5 Å². The molecule has 11 heavy (non-hydrogen) atoms. The first kappa shape index (κ1) is 8.27. The molecular formula is C7H8ClNO2. The molecular weight excluding hydrogens is 166 g/mol. The van der Waals surface area contributed by atoms with Crippen molar-refractivity contribution in [1.82, 2.24) is 5.16 Å². The molecule has 3 nitrogen and oxygen atoms in total. The van der Waals surface area contributed by atoms with Gasteiger partial charge in [0.15, 0.2) is 0 Å². The number of hydrogen-bond acceptors (Lipinski definition) is 3. The Morgan fingerprint density at radius 1 is 1.73 bits per heavy atom. The third-order valence-electron chi connectivity index (χ3n) is 1.31. The zero-order valence-electron chi connectivity index (χ0n) is 6.30. The normalized spacial score (nSPS) is 10.5. The highest BCUT2D eigenvalue weighted by atomic mass is 35.5. The molecule has 1 aromatic rings. The minimum atomic E-state index is -0.607. The van der Waals surface area contributed by atoms with Crippen molar-refractivity contribution in [3.05, 3.63) is 17.5 Å². The van der Waals surface area contributed by atoms with E-state index in [-0.39, 0.29) is 11.7 Å². The minimum absolute atomic E-state index is 0.107. The minimum Gasteiger partial charge on any atom is -0.351 e. The number of halogens is 1. The van der Waals surface area contributed by atoms with Gasteiger partial charge in [-0.25, -0.2) is 0 Å². The maximum atomic E-state index is 10.5. The molecule has 1 rings (SSSR count). The molecule has 0 saturated heterocycles. The average Bonchev–Trinajstić information content (AvgIpc) is 2.33. The van der Waals surface area contributed by atoms with Gasteiger partial charge in [-0.2, -0.15) is 0 Å². The lowest BCUT2D eigenvalue weighted by Crippen LogP contribution is -1.85. The topological polar surface area (TPSA) is 43.1 Å². The molecule has 0 aromatic carbocycles. The summed E-state index contributed by atoms with van der Waals surface area (Å²) in [6.45, 7) is 3.92. The predicted molar refractivity (Wildman–Crippen MR) is 40.8 cm³/mol. The Bertz CT molecular complexity index is 267. The fourth-order valence-electron chi connectivity index (χ4n) is 0.654. The molecule has 0 radical (unpaired) electrons. The fraction of sp³-hybridized carbons (Fsp3) is 0.429. The number of hydrogen-bond donors (Lipinski definition) is 0. The fourth-order valence-corrected chi connectivity index (χ4v) is 0.743. The van der Waals surface area contributed by atoms with Crippen molar-refractivity contribution in [2.75, 3.05) is 0 Å². The Balaban J connectivity index is 2.90. The van der Waals surface area contributed by atoms with Gasteiger partial charge in [0.25, 0.3) is 5.24 Å². The highest BCUT2D eigenvalue weighted by Gasteiger charge is 2.11. The maximum absolute atomic E-state index is 10.5. The summed E-state index contributed by atoms with van der Waals surface area (Å²) in [7, 11) is 0. The molecule has 0 spiro atoms. The molecule has 60 valence electrons. The van der Waals surface area contributed by atoms with E-state index in [0.717, 1.165) is 5.69 Å². The van der Waals surface area contributed by atoms with Crippen LogP contribution < -0.4 is 0 Å². The summed E-state index contributed by atoms with van der Waals surface area (Å²) < 4.78 is 4.66. The lowest BCUT2D eigenvalue weighted by Gasteiger charge is -1.92. The van der Waals surface area contributed by atoms with Crippen LogP contribution in [0.1, 0.15) is 36.0 Å². The number of aromatic nitrogens is 1.